The fourth-order valence-electron chi connectivity index (χ4n) is 5.18. The van der Waals surface area contributed by atoms with Crippen molar-refractivity contribution in [3.63, 3.8) is 0 Å². The lowest BCUT2D eigenvalue weighted by molar-refractivity contribution is 0.281. The smallest absolute Gasteiger partial charge is 0.123 e. The van der Waals surface area contributed by atoms with E-state index in [4.69, 9.17) is 0 Å². The Labute approximate surface area is 255 Å². The number of aliphatic hydroxyl groups is 2. The monoisotopic (exact) mass is 584 g/mol. The van der Waals surface area contributed by atoms with E-state index in [1.54, 1.807) is 24.3 Å². The summed E-state index contributed by atoms with van der Waals surface area (Å²) in [5.41, 5.74) is 8.93. The predicted octanol–water partition coefficient (Wildman–Crippen LogP) is 9.56. The Morgan fingerprint density at radius 1 is 0.341 bits per heavy atom. The first-order valence-corrected chi connectivity index (χ1v) is 14.2. The second-order valence-corrected chi connectivity index (χ2v) is 10.4. The highest BCUT2D eigenvalue weighted by molar-refractivity contribution is 5.80. The average molecular weight is 585 g/mol. The van der Waals surface area contributed by atoms with E-state index in [-0.39, 0.29) is 24.8 Å². The van der Waals surface area contributed by atoms with Crippen LogP contribution in [0.1, 0.15) is 11.1 Å². The molecule has 0 spiro atoms. The molecule has 6 rings (SSSR count). The van der Waals surface area contributed by atoms with Gasteiger partial charge in [0.1, 0.15) is 11.6 Å². The zero-order valence-corrected chi connectivity index (χ0v) is 23.8. The molecule has 0 aliphatic carbocycles. The van der Waals surface area contributed by atoms with E-state index >= 15 is 0 Å². The fourth-order valence-corrected chi connectivity index (χ4v) is 5.18. The molecule has 6 heteroatoms. The van der Waals surface area contributed by atoms with Crippen LogP contribution in [0, 0.1) is 11.6 Å². The van der Waals surface area contributed by atoms with Crippen LogP contribution in [0.2, 0.25) is 0 Å². The third kappa shape index (κ3) is 6.22. The van der Waals surface area contributed by atoms with Gasteiger partial charge in [-0.3, -0.25) is 0 Å². The number of anilines is 6. The van der Waals surface area contributed by atoms with E-state index in [1.165, 1.54) is 24.3 Å². The van der Waals surface area contributed by atoms with Crippen LogP contribution in [0.15, 0.2) is 146 Å². The van der Waals surface area contributed by atoms with Crippen LogP contribution in [0.25, 0.3) is 11.1 Å². The molecule has 0 bridgehead atoms. The highest BCUT2D eigenvalue weighted by Crippen LogP contribution is 2.38. The minimum Gasteiger partial charge on any atom is -0.392 e. The standard InChI is InChI=1S/C38H30F2N2O2/c39-31-9-21-37(22-10-31)42(38-23-11-32(40)12-24-38)36-19-7-30(8-20-36)29-5-17-35(18-6-29)41(33-13-1-27(25-43)2-14-33)34-15-3-28(26-44)4-16-34/h1-24,43-44H,25-26H2. The van der Waals surface area contributed by atoms with Gasteiger partial charge < -0.3 is 20.0 Å². The lowest BCUT2D eigenvalue weighted by Gasteiger charge is -2.26. The Morgan fingerprint density at radius 3 is 0.818 bits per heavy atom. The van der Waals surface area contributed by atoms with Crippen LogP contribution >= 0.6 is 0 Å². The second kappa shape index (κ2) is 12.9. The van der Waals surface area contributed by atoms with Crippen LogP contribution in [-0.4, -0.2) is 10.2 Å². The van der Waals surface area contributed by atoms with Gasteiger partial charge in [0.05, 0.1) is 13.2 Å². The lowest BCUT2D eigenvalue weighted by atomic mass is 10.0. The van der Waals surface area contributed by atoms with Crippen LogP contribution in [0.4, 0.5) is 42.9 Å². The van der Waals surface area contributed by atoms with Crippen molar-refractivity contribution in [2.75, 3.05) is 9.80 Å². The number of benzene rings is 6. The van der Waals surface area contributed by atoms with Gasteiger partial charge in [0.25, 0.3) is 0 Å². The summed E-state index contributed by atoms with van der Waals surface area (Å²) in [6.07, 6.45) is 0. The number of hydrogen-bond acceptors (Lipinski definition) is 4. The Kier molecular flexibility index (Phi) is 8.46. The predicted molar refractivity (Wildman–Crippen MR) is 173 cm³/mol. The third-order valence-corrected chi connectivity index (χ3v) is 7.51. The van der Waals surface area contributed by atoms with Gasteiger partial charge in [0.2, 0.25) is 0 Å². The molecule has 218 valence electrons. The van der Waals surface area contributed by atoms with Gasteiger partial charge >= 0.3 is 0 Å². The van der Waals surface area contributed by atoms with Crippen LogP contribution in [0.5, 0.6) is 0 Å². The Bertz CT molecular complexity index is 1710. The summed E-state index contributed by atoms with van der Waals surface area (Å²) >= 11 is 0. The summed E-state index contributed by atoms with van der Waals surface area (Å²) in [6, 6.07) is 44.3. The van der Waals surface area contributed by atoms with E-state index < -0.39 is 0 Å². The highest BCUT2D eigenvalue weighted by atomic mass is 19.1. The average Bonchev–Trinajstić information content (AvgIpc) is 3.08. The molecule has 0 saturated heterocycles. The van der Waals surface area contributed by atoms with Crippen molar-refractivity contribution >= 4 is 34.1 Å². The summed E-state index contributed by atoms with van der Waals surface area (Å²) in [5.74, 6) is -0.649. The Balaban J connectivity index is 1.31. The maximum Gasteiger partial charge on any atom is 0.123 e. The number of rotatable bonds is 9. The minimum absolute atomic E-state index is 0.0233. The zero-order chi connectivity index (χ0) is 30.5. The molecule has 0 radical (unpaired) electrons. The van der Waals surface area contributed by atoms with Crippen LogP contribution in [-0.2, 0) is 13.2 Å². The molecular formula is C38H30F2N2O2. The third-order valence-electron chi connectivity index (χ3n) is 7.51. The maximum absolute atomic E-state index is 13.7. The van der Waals surface area contributed by atoms with Crippen molar-refractivity contribution in [1.82, 2.24) is 0 Å². The first-order chi connectivity index (χ1) is 21.5. The van der Waals surface area contributed by atoms with Gasteiger partial charge in [-0.2, -0.15) is 0 Å². The molecule has 2 N–H and O–H groups in total. The van der Waals surface area contributed by atoms with E-state index in [9.17, 15) is 19.0 Å². The zero-order valence-electron chi connectivity index (χ0n) is 23.8. The summed E-state index contributed by atoms with van der Waals surface area (Å²) in [4.78, 5) is 4.08. The molecule has 0 aromatic heterocycles. The first-order valence-electron chi connectivity index (χ1n) is 14.2. The van der Waals surface area contributed by atoms with E-state index in [0.29, 0.717) is 0 Å². The van der Waals surface area contributed by atoms with Crippen molar-refractivity contribution in [3.8, 4) is 11.1 Å². The largest absolute Gasteiger partial charge is 0.392 e. The summed E-state index contributed by atoms with van der Waals surface area (Å²) < 4.78 is 27.4. The SMILES string of the molecule is OCc1ccc(N(c2ccc(CO)cc2)c2ccc(-c3ccc(N(c4ccc(F)cc4)c4ccc(F)cc4)cc3)cc2)cc1. The minimum atomic E-state index is -0.325. The van der Waals surface area contributed by atoms with Gasteiger partial charge in [-0.15, -0.1) is 0 Å². The molecular weight excluding hydrogens is 554 g/mol. The second-order valence-electron chi connectivity index (χ2n) is 10.4. The number of aliphatic hydroxyl groups excluding tert-OH is 2. The molecule has 4 nitrogen and oxygen atoms in total. The fraction of sp³-hybridized carbons (Fsp3) is 0.0526. The van der Waals surface area contributed by atoms with Crippen molar-refractivity contribution in [2.24, 2.45) is 0 Å². The summed E-state index contributed by atoms with van der Waals surface area (Å²) in [5, 5.41) is 19.0. The van der Waals surface area contributed by atoms with Crippen LogP contribution in [0.3, 0.4) is 0 Å². The molecule has 0 atom stereocenters. The quantitative estimate of drug-likeness (QED) is 0.178. The van der Waals surface area contributed by atoms with Gasteiger partial charge in [0, 0.05) is 34.1 Å². The maximum atomic E-state index is 13.7. The lowest BCUT2D eigenvalue weighted by Crippen LogP contribution is -2.10. The Hall–Kier alpha value is -5.30. The van der Waals surface area contributed by atoms with E-state index in [1.807, 2.05) is 77.7 Å². The molecule has 0 fully saturated rings. The topological polar surface area (TPSA) is 46.9 Å². The van der Waals surface area contributed by atoms with Crippen molar-refractivity contribution in [1.29, 1.82) is 0 Å². The van der Waals surface area contributed by atoms with Gasteiger partial charge in [-0.25, -0.2) is 8.78 Å². The summed E-state index contributed by atoms with van der Waals surface area (Å²) in [7, 11) is 0. The summed E-state index contributed by atoms with van der Waals surface area (Å²) in [6.45, 7) is -0.0466. The van der Waals surface area contributed by atoms with Crippen LogP contribution < -0.4 is 9.80 Å². The molecule has 0 saturated carbocycles. The number of halogens is 2. The van der Waals surface area contributed by atoms with E-state index in [2.05, 4.69) is 29.2 Å². The highest BCUT2D eigenvalue weighted by Gasteiger charge is 2.15. The van der Waals surface area contributed by atoms with E-state index in [0.717, 1.165) is 56.4 Å². The van der Waals surface area contributed by atoms with Crippen molar-refractivity contribution < 1.29 is 19.0 Å². The van der Waals surface area contributed by atoms with Crippen molar-refractivity contribution in [2.45, 2.75) is 13.2 Å². The number of nitrogens with zero attached hydrogens (tertiary/aromatic N) is 2. The molecule has 0 aliphatic rings. The van der Waals surface area contributed by atoms with Gasteiger partial charge in [-0.1, -0.05) is 48.5 Å². The molecule has 44 heavy (non-hydrogen) atoms. The van der Waals surface area contributed by atoms with Crippen molar-refractivity contribution in [3.05, 3.63) is 168 Å². The molecule has 0 unspecified atom stereocenters. The Morgan fingerprint density at radius 2 is 0.568 bits per heavy atom. The molecule has 6 aromatic carbocycles. The normalized spacial score (nSPS) is 10.9. The first kappa shape index (κ1) is 28.8. The van der Waals surface area contributed by atoms with Gasteiger partial charge in [-0.05, 0) is 119 Å². The molecule has 0 aliphatic heterocycles. The molecule has 0 amide bonds. The molecule has 6 aromatic rings. The molecule has 0 heterocycles. The van der Waals surface area contributed by atoms with Gasteiger partial charge in [0.15, 0.2) is 0 Å². The number of hydrogen-bond donors (Lipinski definition) is 2.